The zero-order chi connectivity index (χ0) is 19.5. The Bertz CT molecular complexity index is 846. The van der Waals surface area contributed by atoms with Crippen LogP contribution in [-0.2, 0) is 0 Å². The first-order valence-corrected chi connectivity index (χ1v) is 8.86. The van der Waals surface area contributed by atoms with Crippen LogP contribution in [0.25, 0.3) is 5.57 Å². The van der Waals surface area contributed by atoms with Crippen molar-refractivity contribution in [2.45, 2.75) is 19.0 Å². The molecule has 0 aliphatic rings. The highest BCUT2D eigenvalue weighted by Crippen LogP contribution is 2.38. The first kappa shape index (κ1) is 20.8. The molecule has 0 bridgehead atoms. The molecular weight excluding hydrogens is 454 g/mol. The fourth-order valence-electron chi connectivity index (χ4n) is 2.42. The molecule has 1 unspecified atom stereocenters. The SMILES string of the molecule is Cc1cc(C(/C=N\O)/C=C(\c2cc(Cl)cc(Cl)c2)C(F)(F)F)ccc1Br. The van der Waals surface area contributed by atoms with Gasteiger partial charge in [-0.05, 0) is 47.9 Å². The van der Waals surface area contributed by atoms with Crippen LogP contribution in [0, 0.1) is 6.92 Å². The second kappa shape index (κ2) is 8.46. The fourth-order valence-corrected chi connectivity index (χ4v) is 3.19. The quantitative estimate of drug-likeness (QED) is 0.287. The Balaban J connectivity index is 2.63. The summed E-state index contributed by atoms with van der Waals surface area (Å²) < 4.78 is 41.8. The van der Waals surface area contributed by atoms with Crippen LogP contribution in [0.5, 0.6) is 0 Å². The highest BCUT2D eigenvalue weighted by atomic mass is 79.9. The van der Waals surface area contributed by atoms with E-state index >= 15 is 0 Å². The van der Waals surface area contributed by atoms with Gasteiger partial charge in [0.1, 0.15) is 0 Å². The van der Waals surface area contributed by atoms with Crippen LogP contribution in [-0.4, -0.2) is 17.6 Å². The van der Waals surface area contributed by atoms with Crippen molar-refractivity contribution in [3.05, 3.63) is 73.7 Å². The van der Waals surface area contributed by atoms with E-state index in [1.807, 2.05) is 6.92 Å². The molecule has 0 fully saturated rings. The summed E-state index contributed by atoms with van der Waals surface area (Å²) in [7, 11) is 0. The van der Waals surface area contributed by atoms with Crippen molar-refractivity contribution in [2.75, 3.05) is 0 Å². The van der Waals surface area contributed by atoms with Crippen LogP contribution in [0.3, 0.4) is 0 Å². The molecule has 1 N–H and O–H groups in total. The molecule has 0 heterocycles. The smallest absolute Gasteiger partial charge is 0.411 e. The summed E-state index contributed by atoms with van der Waals surface area (Å²) in [6.07, 6.45) is -2.65. The standard InChI is InChI=1S/C18H13BrCl2F3NO/c1-10-4-11(2-3-17(10)19)13(9-25-26)7-16(18(22,23)24)12-5-14(20)8-15(21)6-12/h2-9,13,26H,1H3/b16-7+,25-9-. The zero-order valence-corrected chi connectivity index (χ0v) is 16.5. The highest BCUT2D eigenvalue weighted by molar-refractivity contribution is 9.10. The molecule has 1 atom stereocenters. The first-order chi connectivity index (χ1) is 12.1. The lowest BCUT2D eigenvalue weighted by atomic mass is 9.93. The lowest BCUT2D eigenvalue weighted by Gasteiger charge is -2.16. The Kier molecular flexibility index (Phi) is 6.77. The summed E-state index contributed by atoms with van der Waals surface area (Å²) in [6, 6.07) is 8.82. The second-order valence-electron chi connectivity index (χ2n) is 5.54. The number of benzene rings is 2. The van der Waals surface area contributed by atoms with Gasteiger partial charge in [0, 0.05) is 20.4 Å². The maximum absolute atomic E-state index is 13.7. The predicted molar refractivity (Wildman–Crippen MR) is 102 cm³/mol. The number of alkyl halides is 3. The largest absolute Gasteiger partial charge is 0.416 e. The van der Waals surface area contributed by atoms with E-state index in [1.165, 1.54) is 18.2 Å². The summed E-state index contributed by atoms with van der Waals surface area (Å²) in [5, 5.41) is 12.0. The Hall–Kier alpha value is -1.50. The van der Waals surface area contributed by atoms with Crippen LogP contribution < -0.4 is 0 Å². The number of nitrogens with zero attached hydrogens (tertiary/aromatic N) is 1. The van der Waals surface area contributed by atoms with Gasteiger partial charge in [0.15, 0.2) is 0 Å². The predicted octanol–water partition coefficient (Wildman–Crippen LogP) is 7.25. The lowest BCUT2D eigenvalue weighted by molar-refractivity contribution is -0.0690. The molecule has 0 spiro atoms. The van der Waals surface area contributed by atoms with Crippen molar-refractivity contribution in [1.29, 1.82) is 0 Å². The molecule has 0 saturated heterocycles. The minimum atomic E-state index is -4.65. The van der Waals surface area contributed by atoms with E-state index in [0.717, 1.165) is 22.3 Å². The number of hydrogen-bond acceptors (Lipinski definition) is 2. The van der Waals surface area contributed by atoms with Crippen LogP contribution >= 0.6 is 39.1 Å². The van der Waals surface area contributed by atoms with Gasteiger partial charge in [-0.3, -0.25) is 0 Å². The van der Waals surface area contributed by atoms with Crippen LogP contribution in [0.15, 0.2) is 52.1 Å². The summed E-state index contributed by atoms with van der Waals surface area (Å²) in [5.41, 5.74) is 0.289. The monoisotopic (exact) mass is 465 g/mol. The van der Waals surface area contributed by atoms with E-state index in [0.29, 0.717) is 5.56 Å². The van der Waals surface area contributed by atoms with Gasteiger partial charge in [0.2, 0.25) is 0 Å². The van der Waals surface area contributed by atoms with E-state index in [9.17, 15) is 13.2 Å². The van der Waals surface area contributed by atoms with Gasteiger partial charge < -0.3 is 5.21 Å². The van der Waals surface area contributed by atoms with Gasteiger partial charge >= 0.3 is 6.18 Å². The van der Waals surface area contributed by atoms with E-state index in [1.54, 1.807) is 18.2 Å². The van der Waals surface area contributed by atoms with E-state index in [-0.39, 0.29) is 15.6 Å². The van der Waals surface area contributed by atoms with Gasteiger partial charge in [-0.1, -0.05) is 57.3 Å². The third-order valence-electron chi connectivity index (χ3n) is 3.62. The third kappa shape index (κ3) is 5.25. The zero-order valence-electron chi connectivity index (χ0n) is 13.4. The van der Waals surface area contributed by atoms with Crippen molar-refractivity contribution in [2.24, 2.45) is 5.16 Å². The highest BCUT2D eigenvalue weighted by Gasteiger charge is 2.35. The summed E-state index contributed by atoms with van der Waals surface area (Å²) in [4.78, 5) is 0. The number of allylic oxidation sites excluding steroid dienone is 2. The van der Waals surface area contributed by atoms with E-state index in [2.05, 4.69) is 21.1 Å². The number of oxime groups is 1. The molecule has 0 aromatic heterocycles. The summed E-state index contributed by atoms with van der Waals surface area (Å²) in [6.45, 7) is 1.81. The average molecular weight is 467 g/mol. The molecule has 0 radical (unpaired) electrons. The van der Waals surface area contributed by atoms with E-state index < -0.39 is 17.7 Å². The molecule has 2 aromatic rings. The van der Waals surface area contributed by atoms with Gasteiger partial charge in [-0.25, -0.2) is 0 Å². The molecule has 0 aliphatic heterocycles. The number of hydrogen-bond donors (Lipinski definition) is 1. The third-order valence-corrected chi connectivity index (χ3v) is 4.95. The minimum Gasteiger partial charge on any atom is -0.411 e. The second-order valence-corrected chi connectivity index (χ2v) is 7.26. The average Bonchev–Trinajstić information content (AvgIpc) is 2.52. The summed E-state index contributed by atoms with van der Waals surface area (Å²) >= 11 is 15.0. The van der Waals surface area contributed by atoms with Gasteiger partial charge in [-0.2, -0.15) is 13.2 Å². The molecule has 2 nitrogen and oxygen atoms in total. The molecule has 2 rings (SSSR count). The lowest BCUT2D eigenvalue weighted by Crippen LogP contribution is -2.13. The Morgan fingerprint density at radius 1 is 1.15 bits per heavy atom. The van der Waals surface area contributed by atoms with E-state index in [4.69, 9.17) is 28.4 Å². The number of rotatable bonds is 4. The maximum atomic E-state index is 13.7. The molecule has 26 heavy (non-hydrogen) atoms. The van der Waals surface area contributed by atoms with Crippen LogP contribution in [0.4, 0.5) is 13.2 Å². The van der Waals surface area contributed by atoms with Crippen molar-refractivity contribution in [1.82, 2.24) is 0 Å². The van der Waals surface area contributed by atoms with Gasteiger partial charge in [0.25, 0.3) is 0 Å². The molecule has 8 heteroatoms. The molecule has 2 aromatic carbocycles. The topological polar surface area (TPSA) is 32.6 Å². The van der Waals surface area contributed by atoms with Gasteiger partial charge in [0.05, 0.1) is 11.8 Å². The van der Waals surface area contributed by atoms with Gasteiger partial charge in [-0.15, -0.1) is 5.16 Å². The van der Waals surface area contributed by atoms with Crippen molar-refractivity contribution in [3.63, 3.8) is 0 Å². The molecular formula is C18H13BrCl2F3NO. The Morgan fingerprint density at radius 2 is 1.77 bits per heavy atom. The van der Waals surface area contributed by atoms with Crippen molar-refractivity contribution in [3.8, 4) is 0 Å². The fraction of sp³-hybridized carbons (Fsp3) is 0.167. The van der Waals surface area contributed by atoms with Crippen LogP contribution in [0.1, 0.15) is 22.6 Å². The Morgan fingerprint density at radius 3 is 2.27 bits per heavy atom. The Labute approximate surface area is 167 Å². The summed E-state index contributed by atoms with van der Waals surface area (Å²) in [5.74, 6) is -0.902. The van der Waals surface area contributed by atoms with Crippen LogP contribution in [0.2, 0.25) is 10.0 Å². The minimum absolute atomic E-state index is 0.0921. The number of aryl methyl sites for hydroxylation is 1. The maximum Gasteiger partial charge on any atom is 0.416 e. The normalized spacial score (nSPS) is 14.0. The van der Waals surface area contributed by atoms with Crippen molar-refractivity contribution < 1.29 is 18.4 Å². The first-order valence-electron chi connectivity index (χ1n) is 7.31. The molecule has 0 saturated carbocycles. The number of halogens is 6. The molecule has 138 valence electrons. The molecule has 0 amide bonds. The van der Waals surface area contributed by atoms with Crippen molar-refractivity contribution >= 4 is 50.9 Å². The molecule has 0 aliphatic carbocycles.